The standard InChI is InChI=1S/C21H30N2O4/c1-14(8-11-27-18(5)24)20(25)22-9-6-7-10-23-21(26)19-12-15(2)17(4)16(3)13-19/h8,12-13H,6-7,9-11H2,1-5H3,(H,22,25)(H,23,26)/b14-8+. The van der Waals surface area contributed by atoms with Gasteiger partial charge in [-0.15, -0.1) is 0 Å². The summed E-state index contributed by atoms with van der Waals surface area (Å²) in [4.78, 5) is 34.7. The first kappa shape index (κ1) is 22.4. The van der Waals surface area contributed by atoms with Crippen molar-refractivity contribution >= 4 is 17.8 Å². The molecule has 0 bridgehead atoms. The molecule has 0 atom stereocenters. The molecule has 0 unspecified atom stereocenters. The summed E-state index contributed by atoms with van der Waals surface area (Å²) in [5.41, 5.74) is 4.62. The number of nitrogens with one attached hydrogen (secondary N) is 2. The third-order valence-electron chi connectivity index (χ3n) is 4.40. The van der Waals surface area contributed by atoms with Crippen molar-refractivity contribution < 1.29 is 19.1 Å². The van der Waals surface area contributed by atoms with E-state index in [0.717, 1.165) is 24.0 Å². The van der Waals surface area contributed by atoms with E-state index in [-0.39, 0.29) is 24.4 Å². The molecule has 1 aromatic carbocycles. The molecule has 0 aliphatic carbocycles. The van der Waals surface area contributed by atoms with E-state index in [1.54, 1.807) is 13.0 Å². The molecule has 0 saturated heterocycles. The maximum absolute atomic E-state index is 12.2. The predicted octanol–water partition coefficient (Wildman–Crippen LogP) is 2.75. The molecule has 148 valence electrons. The van der Waals surface area contributed by atoms with Gasteiger partial charge in [0.2, 0.25) is 5.91 Å². The number of aryl methyl sites for hydroxylation is 2. The van der Waals surface area contributed by atoms with Crippen molar-refractivity contribution in [1.29, 1.82) is 0 Å². The van der Waals surface area contributed by atoms with Crippen LogP contribution in [0, 0.1) is 20.8 Å². The van der Waals surface area contributed by atoms with Crippen LogP contribution in [0.4, 0.5) is 0 Å². The Bertz CT molecular complexity index is 700. The van der Waals surface area contributed by atoms with Gasteiger partial charge in [-0.1, -0.05) is 0 Å². The Morgan fingerprint density at radius 1 is 0.963 bits per heavy atom. The predicted molar refractivity (Wildman–Crippen MR) is 106 cm³/mol. The molecule has 1 aromatic rings. The van der Waals surface area contributed by atoms with Gasteiger partial charge in [0.05, 0.1) is 0 Å². The van der Waals surface area contributed by atoms with Crippen LogP contribution in [0.2, 0.25) is 0 Å². The molecule has 6 heteroatoms. The number of carbonyl (C=O) groups is 3. The van der Waals surface area contributed by atoms with Gasteiger partial charge in [-0.25, -0.2) is 0 Å². The Morgan fingerprint density at radius 3 is 2.07 bits per heavy atom. The number of amides is 2. The summed E-state index contributed by atoms with van der Waals surface area (Å²) in [6, 6.07) is 3.81. The summed E-state index contributed by atoms with van der Waals surface area (Å²) in [7, 11) is 0. The summed E-state index contributed by atoms with van der Waals surface area (Å²) in [6.45, 7) is 10.2. The molecular weight excluding hydrogens is 344 g/mol. The highest BCUT2D eigenvalue weighted by molar-refractivity contribution is 5.94. The maximum Gasteiger partial charge on any atom is 0.302 e. The Morgan fingerprint density at radius 2 is 1.52 bits per heavy atom. The van der Waals surface area contributed by atoms with Crippen LogP contribution in [0.1, 0.15) is 53.7 Å². The van der Waals surface area contributed by atoms with E-state index in [4.69, 9.17) is 4.74 Å². The maximum atomic E-state index is 12.2. The van der Waals surface area contributed by atoms with Crippen LogP contribution >= 0.6 is 0 Å². The van der Waals surface area contributed by atoms with Crippen LogP contribution in [0.15, 0.2) is 23.8 Å². The molecule has 0 aromatic heterocycles. The van der Waals surface area contributed by atoms with Crippen LogP contribution in [-0.4, -0.2) is 37.5 Å². The average molecular weight is 374 g/mol. The van der Waals surface area contributed by atoms with Gasteiger partial charge >= 0.3 is 5.97 Å². The van der Waals surface area contributed by atoms with Gasteiger partial charge in [0.15, 0.2) is 0 Å². The normalized spacial score (nSPS) is 11.1. The zero-order valence-corrected chi connectivity index (χ0v) is 16.9. The van der Waals surface area contributed by atoms with Gasteiger partial charge in [0, 0.05) is 31.1 Å². The van der Waals surface area contributed by atoms with Crippen LogP contribution in [0.3, 0.4) is 0 Å². The van der Waals surface area contributed by atoms with E-state index < -0.39 is 0 Å². The molecule has 2 amide bonds. The van der Waals surface area contributed by atoms with Crippen LogP contribution in [-0.2, 0) is 14.3 Å². The number of rotatable bonds is 9. The number of unbranched alkanes of at least 4 members (excludes halogenated alkanes) is 1. The number of hydrogen-bond donors (Lipinski definition) is 2. The third-order valence-corrected chi connectivity index (χ3v) is 4.40. The fourth-order valence-corrected chi connectivity index (χ4v) is 2.44. The van der Waals surface area contributed by atoms with E-state index in [1.165, 1.54) is 12.5 Å². The van der Waals surface area contributed by atoms with Crippen molar-refractivity contribution in [1.82, 2.24) is 10.6 Å². The van der Waals surface area contributed by atoms with E-state index >= 15 is 0 Å². The summed E-state index contributed by atoms with van der Waals surface area (Å²) in [5, 5.41) is 5.71. The molecule has 0 aliphatic rings. The lowest BCUT2D eigenvalue weighted by Crippen LogP contribution is -2.28. The summed E-state index contributed by atoms with van der Waals surface area (Å²) in [6.07, 6.45) is 3.10. The van der Waals surface area contributed by atoms with Crippen molar-refractivity contribution in [3.8, 4) is 0 Å². The summed E-state index contributed by atoms with van der Waals surface area (Å²) >= 11 is 0. The second-order valence-electron chi connectivity index (χ2n) is 6.64. The minimum absolute atomic E-state index is 0.0746. The highest BCUT2D eigenvalue weighted by atomic mass is 16.5. The lowest BCUT2D eigenvalue weighted by Gasteiger charge is -2.10. The number of hydrogen-bond acceptors (Lipinski definition) is 4. The molecule has 0 spiro atoms. The Kier molecular flexibility index (Phi) is 9.26. The van der Waals surface area contributed by atoms with Crippen molar-refractivity contribution in [2.45, 2.75) is 47.5 Å². The smallest absolute Gasteiger partial charge is 0.302 e. The monoisotopic (exact) mass is 374 g/mol. The molecule has 0 radical (unpaired) electrons. The molecule has 0 fully saturated rings. The van der Waals surface area contributed by atoms with E-state index in [2.05, 4.69) is 10.6 Å². The Balaban J connectivity index is 2.26. The van der Waals surface area contributed by atoms with Gasteiger partial charge in [0.25, 0.3) is 5.91 Å². The first-order chi connectivity index (χ1) is 12.7. The minimum atomic E-state index is -0.377. The molecule has 6 nitrogen and oxygen atoms in total. The second-order valence-corrected chi connectivity index (χ2v) is 6.64. The Hall–Kier alpha value is -2.63. The van der Waals surface area contributed by atoms with Crippen LogP contribution < -0.4 is 10.6 Å². The van der Waals surface area contributed by atoms with Gasteiger partial charge in [-0.05, 0) is 75.4 Å². The highest BCUT2D eigenvalue weighted by Crippen LogP contribution is 2.15. The van der Waals surface area contributed by atoms with Crippen LogP contribution in [0.5, 0.6) is 0 Å². The lowest BCUT2D eigenvalue weighted by molar-refractivity contribution is -0.139. The topological polar surface area (TPSA) is 84.5 Å². The summed E-state index contributed by atoms with van der Waals surface area (Å²) in [5.74, 6) is -0.635. The van der Waals surface area contributed by atoms with Crippen LogP contribution in [0.25, 0.3) is 0 Å². The van der Waals surface area contributed by atoms with Crippen molar-refractivity contribution in [2.75, 3.05) is 19.7 Å². The Labute approximate surface area is 161 Å². The van der Waals surface area contributed by atoms with Crippen molar-refractivity contribution in [3.63, 3.8) is 0 Å². The van der Waals surface area contributed by atoms with Crippen molar-refractivity contribution in [2.24, 2.45) is 0 Å². The molecule has 0 heterocycles. The van der Waals surface area contributed by atoms with E-state index in [9.17, 15) is 14.4 Å². The zero-order valence-electron chi connectivity index (χ0n) is 16.9. The quantitative estimate of drug-likeness (QED) is 0.395. The van der Waals surface area contributed by atoms with Gasteiger partial charge in [-0.2, -0.15) is 0 Å². The lowest BCUT2D eigenvalue weighted by atomic mass is 10.0. The largest absolute Gasteiger partial charge is 0.462 e. The van der Waals surface area contributed by atoms with Gasteiger partial charge in [-0.3, -0.25) is 14.4 Å². The van der Waals surface area contributed by atoms with Gasteiger partial charge < -0.3 is 15.4 Å². The molecule has 0 aliphatic heterocycles. The number of benzene rings is 1. The molecule has 2 N–H and O–H groups in total. The first-order valence-corrected chi connectivity index (χ1v) is 9.16. The average Bonchev–Trinajstić information content (AvgIpc) is 2.61. The summed E-state index contributed by atoms with van der Waals surface area (Å²) < 4.78 is 4.76. The number of esters is 1. The molecule has 1 rings (SSSR count). The molecule has 27 heavy (non-hydrogen) atoms. The van der Waals surface area contributed by atoms with Crippen molar-refractivity contribution in [3.05, 3.63) is 46.0 Å². The highest BCUT2D eigenvalue weighted by Gasteiger charge is 2.08. The fourth-order valence-electron chi connectivity index (χ4n) is 2.44. The first-order valence-electron chi connectivity index (χ1n) is 9.16. The minimum Gasteiger partial charge on any atom is -0.462 e. The van der Waals surface area contributed by atoms with E-state index in [0.29, 0.717) is 24.2 Å². The SMILES string of the molecule is CC(=O)OC/C=C(\C)C(=O)NCCCCNC(=O)c1cc(C)c(C)c(C)c1. The molecule has 0 saturated carbocycles. The second kappa shape index (κ2) is 11.2. The number of carbonyl (C=O) groups excluding carboxylic acids is 3. The number of ether oxygens (including phenoxy) is 1. The third kappa shape index (κ3) is 8.07. The zero-order chi connectivity index (χ0) is 20.4. The van der Waals surface area contributed by atoms with Gasteiger partial charge in [0.1, 0.15) is 6.61 Å². The fraction of sp³-hybridized carbons (Fsp3) is 0.476. The van der Waals surface area contributed by atoms with E-state index in [1.807, 2.05) is 32.9 Å². The molecular formula is C21H30N2O4.